The van der Waals surface area contributed by atoms with Crippen LogP contribution in [0.3, 0.4) is 0 Å². The van der Waals surface area contributed by atoms with E-state index in [1.165, 1.54) is 0 Å². The second kappa shape index (κ2) is 7.74. The highest BCUT2D eigenvalue weighted by Gasteiger charge is 2.10. The molecule has 0 fully saturated rings. The fourth-order valence-corrected chi connectivity index (χ4v) is 1.85. The van der Waals surface area contributed by atoms with E-state index in [0.717, 1.165) is 17.9 Å². The summed E-state index contributed by atoms with van der Waals surface area (Å²) < 4.78 is 0. The van der Waals surface area contributed by atoms with Crippen LogP contribution in [0.5, 0.6) is 0 Å². The van der Waals surface area contributed by atoms with Crippen LogP contribution < -0.4 is 10.6 Å². The van der Waals surface area contributed by atoms with E-state index in [4.69, 9.17) is 0 Å². The second-order valence-corrected chi connectivity index (χ2v) is 4.94. The molecular formula is C14H24N4O. The number of carbonyl (C=O) groups excluding carboxylic acids is 1. The summed E-state index contributed by atoms with van der Waals surface area (Å²) in [6, 6.07) is 4.12. The van der Waals surface area contributed by atoms with Crippen molar-refractivity contribution < 1.29 is 4.79 Å². The van der Waals surface area contributed by atoms with Crippen LogP contribution in [0.15, 0.2) is 18.3 Å². The molecule has 0 aliphatic rings. The summed E-state index contributed by atoms with van der Waals surface area (Å²) in [7, 11) is 1.93. The maximum atomic E-state index is 11.7. The van der Waals surface area contributed by atoms with Gasteiger partial charge in [-0.25, -0.2) is 4.98 Å². The van der Waals surface area contributed by atoms with Gasteiger partial charge in [0.25, 0.3) is 0 Å². The minimum atomic E-state index is 0.0476. The number of carbonyl (C=O) groups is 1. The average molecular weight is 264 g/mol. The van der Waals surface area contributed by atoms with Crippen LogP contribution in [-0.2, 0) is 11.3 Å². The Balaban J connectivity index is 2.56. The van der Waals surface area contributed by atoms with Gasteiger partial charge in [0.1, 0.15) is 5.82 Å². The predicted octanol–water partition coefficient (Wildman–Crippen LogP) is 1.47. The lowest BCUT2D eigenvalue weighted by atomic mass is 10.2. The maximum absolute atomic E-state index is 11.7. The third-order valence-corrected chi connectivity index (χ3v) is 2.54. The lowest BCUT2D eigenvalue weighted by Gasteiger charge is -2.19. The Morgan fingerprint density at radius 3 is 2.84 bits per heavy atom. The van der Waals surface area contributed by atoms with Crippen molar-refractivity contribution in [3.05, 3.63) is 23.9 Å². The maximum Gasteiger partial charge on any atom is 0.234 e. The number of rotatable bonds is 7. The number of amides is 1. The van der Waals surface area contributed by atoms with Gasteiger partial charge in [-0.1, -0.05) is 6.07 Å². The Hall–Kier alpha value is -1.62. The first-order chi connectivity index (χ1) is 9.02. The number of aromatic nitrogens is 1. The number of nitrogens with zero attached hydrogens (tertiary/aromatic N) is 2. The van der Waals surface area contributed by atoms with Crippen molar-refractivity contribution in [1.29, 1.82) is 0 Å². The van der Waals surface area contributed by atoms with Crippen LogP contribution in [-0.4, -0.2) is 42.0 Å². The first kappa shape index (κ1) is 15.4. The molecule has 0 radical (unpaired) electrons. The van der Waals surface area contributed by atoms with Gasteiger partial charge < -0.3 is 10.6 Å². The molecule has 5 nitrogen and oxygen atoms in total. The molecule has 0 aromatic carbocycles. The zero-order valence-electron chi connectivity index (χ0n) is 12.2. The normalized spacial score (nSPS) is 10.8. The summed E-state index contributed by atoms with van der Waals surface area (Å²) >= 11 is 0. The molecule has 0 spiro atoms. The third kappa shape index (κ3) is 5.70. The summed E-state index contributed by atoms with van der Waals surface area (Å²) in [5, 5.41) is 6.12. The zero-order valence-corrected chi connectivity index (χ0v) is 12.2. The standard InChI is InChI=1S/C14H24N4O/c1-5-15-14-12(7-6-8-16-14)9-18(4)10-13(19)17-11(2)3/h6-8,11H,5,9-10H2,1-4H3,(H,15,16)(H,17,19). The van der Waals surface area contributed by atoms with E-state index >= 15 is 0 Å². The van der Waals surface area contributed by atoms with Crippen molar-refractivity contribution in [1.82, 2.24) is 15.2 Å². The molecule has 19 heavy (non-hydrogen) atoms. The molecule has 1 heterocycles. The molecule has 0 saturated heterocycles. The van der Waals surface area contributed by atoms with Crippen LogP contribution in [0.25, 0.3) is 0 Å². The number of nitrogens with one attached hydrogen (secondary N) is 2. The van der Waals surface area contributed by atoms with E-state index in [1.54, 1.807) is 6.20 Å². The van der Waals surface area contributed by atoms with E-state index in [9.17, 15) is 4.79 Å². The minimum Gasteiger partial charge on any atom is -0.370 e. The quantitative estimate of drug-likeness (QED) is 0.783. The van der Waals surface area contributed by atoms with Crippen LogP contribution in [0.1, 0.15) is 26.3 Å². The molecule has 0 atom stereocenters. The van der Waals surface area contributed by atoms with E-state index in [0.29, 0.717) is 13.1 Å². The van der Waals surface area contributed by atoms with Gasteiger partial charge in [0.05, 0.1) is 6.54 Å². The van der Waals surface area contributed by atoms with Gasteiger partial charge in [0.15, 0.2) is 0 Å². The van der Waals surface area contributed by atoms with Crippen LogP contribution in [0.2, 0.25) is 0 Å². The average Bonchev–Trinajstić information content (AvgIpc) is 2.30. The topological polar surface area (TPSA) is 57.3 Å². The van der Waals surface area contributed by atoms with Gasteiger partial charge >= 0.3 is 0 Å². The summed E-state index contributed by atoms with van der Waals surface area (Å²) in [6.07, 6.45) is 1.77. The van der Waals surface area contributed by atoms with Crippen molar-refractivity contribution >= 4 is 11.7 Å². The van der Waals surface area contributed by atoms with Crippen molar-refractivity contribution in [3.63, 3.8) is 0 Å². The summed E-state index contributed by atoms with van der Waals surface area (Å²) in [4.78, 5) is 18.0. The molecule has 1 aromatic heterocycles. The number of hydrogen-bond donors (Lipinski definition) is 2. The Bertz CT molecular complexity index is 406. The Morgan fingerprint density at radius 2 is 2.21 bits per heavy atom. The lowest BCUT2D eigenvalue weighted by molar-refractivity contribution is -0.122. The predicted molar refractivity (Wildman–Crippen MR) is 78.0 cm³/mol. The molecule has 2 N–H and O–H groups in total. The molecule has 0 bridgehead atoms. The molecular weight excluding hydrogens is 240 g/mol. The van der Waals surface area contributed by atoms with Crippen molar-refractivity contribution in [2.75, 3.05) is 25.5 Å². The summed E-state index contributed by atoms with van der Waals surface area (Å²) in [6.45, 7) is 7.88. The highest BCUT2D eigenvalue weighted by Crippen LogP contribution is 2.12. The third-order valence-electron chi connectivity index (χ3n) is 2.54. The molecule has 1 aromatic rings. The van der Waals surface area contributed by atoms with Gasteiger partial charge in [-0.05, 0) is 33.9 Å². The molecule has 1 rings (SSSR count). The van der Waals surface area contributed by atoms with E-state index in [-0.39, 0.29) is 11.9 Å². The first-order valence-electron chi connectivity index (χ1n) is 6.68. The highest BCUT2D eigenvalue weighted by atomic mass is 16.2. The van der Waals surface area contributed by atoms with Crippen molar-refractivity contribution in [2.24, 2.45) is 0 Å². The van der Waals surface area contributed by atoms with Gasteiger partial charge in [-0.2, -0.15) is 0 Å². The van der Waals surface area contributed by atoms with Gasteiger partial charge in [-0.3, -0.25) is 9.69 Å². The smallest absolute Gasteiger partial charge is 0.234 e. The van der Waals surface area contributed by atoms with E-state index in [1.807, 2.05) is 44.9 Å². The molecule has 106 valence electrons. The van der Waals surface area contributed by atoms with E-state index in [2.05, 4.69) is 15.6 Å². The van der Waals surface area contributed by atoms with Crippen LogP contribution in [0, 0.1) is 0 Å². The zero-order chi connectivity index (χ0) is 14.3. The molecule has 0 unspecified atom stereocenters. The lowest BCUT2D eigenvalue weighted by Crippen LogP contribution is -2.38. The van der Waals surface area contributed by atoms with Crippen molar-refractivity contribution in [2.45, 2.75) is 33.4 Å². The Labute approximate surface area is 115 Å². The monoisotopic (exact) mass is 264 g/mol. The molecule has 1 amide bonds. The number of likely N-dealkylation sites (N-methyl/N-ethyl adjacent to an activating group) is 1. The minimum absolute atomic E-state index is 0.0476. The van der Waals surface area contributed by atoms with Crippen molar-refractivity contribution in [3.8, 4) is 0 Å². The fraction of sp³-hybridized carbons (Fsp3) is 0.571. The van der Waals surface area contributed by atoms with E-state index < -0.39 is 0 Å². The molecule has 0 aliphatic carbocycles. The fourth-order valence-electron chi connectivity index (χ4n) is 1.85. The van der Waals surface area contributed by atoms with Gasteiger partial charge in [0, 0.05) is 30.9 Å². The largest absolute Gasteiger partial charge is 0.370 e. The van der Waals surface area contributed by atoms with Crippen LogP contribution >= 0.6 is 0 Å². The highest BCUT2D eigenvalue weighted by molar-refractivity contribution is 5.78. The summed E-state index contributed by atoms with van der Waals surface area (Å²) in [5.74, 6) is 0.938. The van der Waals surface area contributed by atoms with Crippen LogP contribution in [0.4, 0.5) is 5.82 Å². The number of pyridine rings is 1. The second-order valence-electron chi connectivity index (χ2n) is 4.94. The molecule has 5 heteroatoms. The number of anilines is 1. The number of hydrogen-bond acceptors (Lipinski definition) is 4. The SMILES string of the molecule is CCNc1ncccc1CN(C)CC(=O)NC(C)C. The van der Waals surface area contributed by atoms with Gasteiger partial charge in [0.2, 0.25) is 5.91 Å². The first-order valence-corrected chi connectivity index (χ1v) is 6.68. The molecule has 0 aliphatic heterocycles. The van der Waals surface area contributed by atoms with Gasteiger partial charge in [-0.15, -0.1) is 0 Å². The Kier molecular flexibility index (Phi) is 6.29. The summed E-state index contributed by atoms with van der Waals surface area (Å²) in [5.41, 5.74) is 1.10. The Morgan fingerprint density at radius 1 is 1.47 bits per heavy atom. The molecule has 0 saturated carbocycles.